The molecule has 1 amide bonds. The van der Waals surface area contributed by atoms with Gasteiger partial charge in [-0.15, -0.1) is 12.4 Å². The topological polar surface area (TPSA) is 87.5 Å². The minimum atomic E-state index is -0.423. The third-order valence-corrected chi connectivity index (χ3v) is 4.50. The van der Waals surface area contributed by atoms with Crippen molar-refractivity contribution in [1.29, 1.82) is 0 Å². The van der Waals surface area contributed by atoms with E-state index < -0.39 is 4.92 Å². The number of hydrogen-bond acceptors (Lipinski definition) is 5. The van der Waals surface area contributed by atoms with E-state index in [9.17, 15) is 14.9 Å². The number of nitro groups is 1. The molecule has 3 rings (SSSR count). The van der Waals surface area contributed by atoms with Gasteiger partial charge in [-0.1, -0.05) is 0 Å². The molecule has 1 unspecified atom stereocenters. The first kappa shape index (κ1) is 18.5. The van der Waals surface area contributed by atoms with Gasteiger partial charge in [0.15, 0.2) is 0 Å². The van der Waals surface area contributed by atoms with Crippen molar-refractivity contribution in [2.75, 3.05) is 25.5 Å². The molecule has 1 saturated carbocycles. The van der Waals surface area contributed by atoms with Crippen LogP contribution in [0.4, 0.5) is 11.4 Å². The number of piperidine rings is 1. The first-order chi connectivity index (χ1) is 11.1. The van der Waals surface area contributed by atoms with Gasteiger partial charge in [-0.2, -0.15) is 0 Å². The fourth-order valence-electron chi connectivity index (χ4n) is 2.97. The molecule has 2 fully saturated rings. The number of nitrogens with zero attached hydrogens (tertiary/aromatic N) is 2. The number of carbonyl (C=O) groups excluding carboxylic acids is 1. The maximum absolute atomic E-state index is 12.6. The molecule has 1 heterocycles. The summed E-state index contributed by atoms with van der Waals surface area (Å²) >= 11 is 0. The fourth-order valence-corrected chi connectivity index (χ4v) is 2.97. The van der Waals surface area contributed by atoms with Crippen LogP contribution in [-0.2, 0) is 0 Å². The molecule has 8 heteroatoms. The van der Waals surface area contributed by atoms with Crippen molar-refractivity contribution >= 4 is 29.7 Å². The smallest absolute Gasteiger partial charge is 0.293 e. The molecular formula is C16H23ClN4O3. The third kappa shape index (κ3) is 4.15. The Morgan fingerprint density at radius 1 is 1.29 bits per heavy atom. The van der Waals surface area contributed by atoms with Crippen molar-refractivity contribution < 1.29 is 9.72 Å². The molecule has 24 heavy (non-hydrogen) atoms. The number of halogens is 1. The highest BCUT2D eigenvalue weighted by atomic mass is 35.5. The first-order valence-corrected chi connectivity index (χ1v) is 8.10. The molecule has 1 aromatic carbocycles. The van der Waals surface area contributed by atoms with E-state index in [4.69, 9.17) is 0 Å². The predicted octanol–water partition coefficient (Wildman–Crippen LogP) is 2.41. The van der Waals surface area contributed by atoms with Gasteiger partial charge in [-0.25, -0.2) is 0 Å². The zero-order valence-corrected chi connectivity index (χ0v) is 14.5. The molecule has 0 aromatic heterocycles. The van der Waals surface area contributed by atoms with Crippen LogP contribution in [0.3, 0.4) is 0 Å². The van der Waals surface area contributed by atoms with Gasteiger partial charge in [0.25, 0.3) is 11.6 Å². The minimum Gasteiger partial charge on any atom is -0.377 e. The molecule has 1 aliphatic heterocycles. The molecule has 2 N–H and O–H groups in total. The van der Waals surface area contributed by atoms with Crippen LogP contribution in [0.15, 0.2) is 18.2 Å². The molecule has 1 aromatic rings. The van der Waals surface area contributed by atoms with Gasteiger partial charge >= 0.3 is 0 Å². The monoisotopic (exact) mass is 354 g/mol. The SMILES string of the molecule is CNC1CCCN(C(=O)c2ccc(NC3CC3)c([N+](=O)[O-])c2)C1.Cl. The lowest BCUT2D eigenvalue weighted by Crippen LogP contribution is -2.46. The van der Waals surface area contributed by atoms with Gasteiger partial charge in [-0.3, -0.25) is 14.9 Å². The molecule has 2 aliphatic rings. The van der Waals surface area contributed by atoms with Crippen LogP contribution in [0.1, 0.15) is 36.0 Å². The van der Waals surface area contributed by atoms with E-state index in [1.54, 1.807) is 17.0 Å². The lowest BCUT2D eigenvalue weighted by atomic mass is 10.0. The van der Waals surface area contributed by atoms with Gasteiger partial charge < -0.3 is 15.5 Å². The third-order valence-electron chi connectivity index (χ3n) is 4.50. The number of benzene rings is 1. The van der Waals surface area contributed by atoms with E-state index in [0.717, 1.165) is 25.7 Å². The maximum atomic E-state index is 12.6. The Balaban J connectivity index is 0.00000208. The number of likely N-dealkylation sites (N-methyl/N-ethyl adjacent to an activating group) is 1. The number of amides is 1. The molecule has 0 bridgehead atoms. The Labute approximate surface area is 147 Å². The second-order valence-electron chi connectivity index (χ2n) is 6.29. The van der Waals surface area contributed by atoms with Crippen LogP contribution in [0.5, 0.6) is 0 Å². The highest BCUT2D eigenvalue weighted by Gasteiger charge is 2.28. The van der Waals surface area contributed by atoms with Crippen molar-refractivity contribution in [2.45, 2.75) is 37.8 Å². The molecule has 7 nitrogen and oxygen atoms in total. The summed E-state index contributed by atoms with van der Waals surface area (Å²) in [7, 11) is 1.89. The second kappa shape index (κ2) is 7.81. The van der Waals surface area contributed by atoms with Crippen LogP contribution in [0.25, 0.3) is 0 Å². The summed E-state index contributed by atoms with van der Waals surface area (Å²) in [5.41, 5.74) is 0.862. The normalized spacial score (nSPS) is 20.2. The van der Waals surface area contributed by atoms with Crippen LogP contribution >= 0.6 is 12.4 Å². The zero-order valence-electron chi connectivity index (χ0n) is 13.7. The number of hydrogen-bond donors (Lipinski definition) is 2. The Hall–Kier alpha value is -1.86. The number of nitrogens with one attached hydrogen (secondary N) is 2. The van der Waals surface area contributed by atoms with E-state index >= 15 is 0 Å². The average Bonchev–Trinajstić information content (AvgIpc) is 3.38. The van der Waals surface area contributed by atoms with Crippen molar-refractivity contribution in [3.8, 4) is 0 Å². The number of rotatable bonds is 5. The Kier molecular flexibility index (Phi) is 6.01. The highest BCUT2D eigenvalue weighted by Crippen LogP contribution is 2.32. The summed E-state index contributed by atoms with van der Waals surface area (Å²) in [6.45, 7) is 1.35. The summed E-state index contributed by atoms with van der Waals surface area (Å²) < 4.78 is 0. The van der Waals surface area contributed by atoms with Gasteiger partial charge in [-0.05, 0) is 44.9 Å². The van der Waals surface area contributed by atoms with Gasteiger partial charge in [0.1, 0.15) is 5.69 Å². The van der Waals surface area contributed by atoms with Gasteiger partial charge in [0, 0.05) is 36.8 Å². The van der Waals surface area contributed by atoms with Crippen molar-refractivity contribution in [1.82, 2.24) is 10.2 Å². The standard InChI is InChI=1S/C16H22N4O3.ClH/c1-17-13-3-2-8-19(10-13)16(21)11-4-7-14(18-12-5-6-12)15(9-11)20(22)23;/h4,7,9,12-13,17-18H,2-3,5-6,8,10H2,1H3;1H. The molecule has 0 spiro atoms. The number of likely N-dealkylation sites (tertiary alicyclic amines) is 1. The van der Waals surface area contributed by atoms with Crippen LogP contribution < -0.4 is 10.6 Å². The summed E-state index contributed by atoms with van der Waals surface area (Å²) in [4.78, 5) is 25.3. The molecule has 0 radical (unpaired) electrons. The van der Waals surface area contributed by atoms with E-state index in [1.807, 2.05) is 7.05 Å². The van der Waals surface area contributed by atoms with Crippen molar-refractivity contribution in [3.05, 3.63) is 33.9 Å². The maximum Gasteiger partial charge on any atom is 0.293 e. The molecule has 1 atom stereocenters. The van der Waals surface area contributed by atoms with E-state index in [0.29, 0.717) is 36.4 Å². The lowest BCUT2D eigenvalue weighted by Gasteiger charge is -2.32. The Morgan fingerprint density at radius 2 is 2.04 bits per heavy atom. The number of carbonyl (C=O) groups is 1. The van der Waals surface area contributed by atoms with Crippen LogP contribution in [0, 0.1) is 10.1 Å². The Morgan fingerprint density at radius 3 is 2.67 bits per heavy atom. The summed E-state index contributed by atoms with van der Waals surface area (Å²) in [6.07, 6.45) is 4.07. The summed E-state index contributed by atoms with van der Waals surface area (Å²) in [5, 5.41) is 17.7. The van der Waals surface area contributed by atoms with Crippen molar-refractivity contribution in [2.24, 2.45) is 0 Å². The predicted molar refractivity (Wildman–Crippen MR) is 95.0 cm³/mol. The first-order valence-electron chi connectivity index (χ1n) is 8.10. The minimum absolute atomic E-state index is 0. The van der Waals surface area contributed by atoms with Crippen LogP contribution in [-0.4, -0.2) is 48.0 Å². The largest absolute Gasteiger partial charge is 0.377 e. The zero-order chi connectivity index (χ0) is 16.4. The molecule has 132 valence electrons. The quantitative estimate of drug-likeness (QED) is 0.626. The number of nitro benzene ring substituents is 1. The van der Waals surface area contributed by atoms with Crippen molar-refractivity contribution in [3.63, 3.8) is 0 Å². The van der Waals surface area contributed by atoms with E-state index in [1.165, 1.54) is 6.07 Å². The van der Waals surface area contributed by atoms with Gasteiger partial charge in [0.05, 0.1) is 4.92 Å². The lowest BCUT2D eigenvalue weighted by molar-refractivity contribution is -0.384. The second-order valence-corrected chi connectivity index (χ2v) is 6.29. The van der Waals surface area contributed by atoms with Crippen LogP contribution in [0.2, 0.25) is 0 Å². The van der Waals surface area contributed by atoms with E-state index in [2.05, 4.69) is 10.6 Å². The van der Waals surface area contributed by atoms with E-state index in [-0.39, 0.29) is 24.0 Å². The van der Waals surface area contributed by atoms with Gasteiger partial charge in [0.2, 0.25) is 0 Å². The molecule has 1 aliphatic carbocycles. The highest BCUT2D eigenvalue weighted by molar-refractivity contribution is 5.96. The molecular weight excluding hydrogens is 332 g/mol. The number of anilines is 1. The summed E-state index contributed by atoms with van der Waals surface area (Å²) in [5.74, 6) is -0.133. The fraction of sp³-hybridized carbons (Fsp3) is 0.562. The summed E-state index contributed by atoms with van der Waals surface area (Å²) in [6, 6.07) is 5.36. The average molecular weight is 355 g/mol. The molecule has 1 saturated heterocycles. The Bertz CT molecular complexity index is 621.